The third-order valence-electron chi connectivity index (χ3n) is 2.39. The van der Waals surface area contributed by atoms with Gasteiger partial charge in [0.15, 0.2) is 0 Å². The summed E-state index contributed by atoms with van der Waals surface area (Å²) in [4.78, 5) is 0. The van der Waals surface area contributed by atoms with Gasteiger partial charge in [0.05, 0.1) is 25.7 Å². The van der Waals surface area contributed by atoms with Crippen molar-refractivity contribution in [1.82, 2.24) is 0 Å². The van der Waals surface area contributed by atoms with Gasteiger partial charge in [0.25, 0.3) is 0 Å². The molecule has 0 spiro atoms. The molecule has 0 saturated carbocycles. The fourth-order valence-corrected chi connectivity index (χ4v) is 1.50. The maximum Gasteiger partial charge on any atom is 0.0974 e. The lowest BCUT2D eigenvalue weighted by atomic mass is 10.2. The minimum absolute atomic E-state index is 0.681. The van der Waals surface area contributed by atoms with Crippen molar-refractivity contribution >= 4 is 6.08 Å². The number of ether oxygens (including phenoxy) is 1. The van der Waals surface area contributed by atoms with Gasteiger partial charge >= 0.3 is 0 Å². The standard InChI is InChI=1S/C15H16O2/c1-2-6-14(7-3-1)12-16-10-5-4-8-15-9-11-17-13-15/h1-4,6-9,11,13H,5,10,12H2/b8-4+. The van der Waals surface area contributed by atoms with Crippen molar-refractivity contribution in [2.24, 2.45) is 0 Å². The number of rotatable bonds is 6. The number of furan rings is 1. The van der Waals surface area contributed by atoms with E-state index in [-0.39, 0.29) is 0 Å². The van der Waals surface area contributed by atoms with Crippen LogP contribution in [0, 0.1) is 0 Å². The summed E-state index contributed by atoms with van der Waals surface area (Å²) in [5.74, 6) is 0. The summed E-state index contributed by atoms with van der Waals surface area (Å²) in [5.41, 5.74) is 2.30. The molecule has 0 radical (unpaired) electrons. The first kappa shape index (κ1) is 11.7. The highest BCUT2D eigenvalue weighted by Gasteiger charge is 1.90. The second-order valence-corrected chi connectivity index (χ2v) is 3.79. The van der Waals surface area contributed by atoms with Crippen molar-refractivity contribution < 1.29 is 9.15 Å². The predicted octanol–water partition coefficient (Wildman–Crippen LogP) is 3.90. The largest absolute Gasteiger partial charge is 0.472 e. The molecule has 0 saturated heterocycles. The Labute approximate surface area is 102 Å². The Morgan fingerprint density at radius 1 is 1.12 bits per heavy atom. The van der Waals surface area contributed by atoms with Gasteiger partial charge in [0.2, 0.25) is 0 Å². The molecule has 0 amide bonds. The average Bonchev–Trinajstić information content (AvgIpc) is 2.88. The van der Waals surface area contributed by atoms with Gasteiger partial charge in [-0.05, 0) is 18.1 Å². The quantitative estimate of drug-likeness (QED) is 0.700. The SMILES string of the molecule is C(=C\c1ccoc1)/CCOCc1ccccc1. The lowest BCUT2D eigenvalue weighted by Gasteiger charge is -2.01. The summed E-state index contributed by atoms with van der Waals surface area (Å²) in [5, 5.41) is 0. The van der Waals surface area contributed by atoms with E-state index in [1.165, 1.54) is 5.56 Å². The Morgan fingerprint density at radius 2 is 2.00 bits per heavy atom. The van der Waals surface area contributed by atoms with Crippen molar-refractivity contribution in [3.8, 4) is 0 Å². The molecule has 2 aromatic rings. The van der Waals surface area contributed by atoms with Gasteiger partial charge in [-0.2, -0.15) is 0 Å². The molecule has 1 aromatic heterocycles. The number of benzene rings is 1. The van der Waals surface area contributed by atoms with Crippen LogP contribution in [-0.2, 0) is 11.3 Å². The molecule has 0 fully saturated rings. The fraction of sp³-hybridized carbons (Fsp3) is 0.200. The zero-order chi connectivity index (χ0) is 11.8. The second kappa shape index (κ2) is 6.71. The lowest BCUT2D eigenvalue weighted by Crippen LogP contribution is -1.93. The molecule has 0 bridgehead atoms. The van der Waals surface area contributed by atoms with E-state index in [1.807, 2.05) is 30.3 Å². The van der Waals surface area contributed by atoms with Crippen molar-refractivity contribution in [2.75, 3.05) is 6.61 Å². The maximum atomic E-state index is 5.56. The molecule has 1 aromatic carbocycles. The van der Waals surface area contributed by atoms with Crippen LogP contribution < -0.4 is 0 Å². The Morgan fingerprint density at radius 3 is 2.76 bits per heavy atom. The third kappa shape index (κ3) is 4.29. The topological polar surface area (TPSA) is 22.4 Å². The smallest absolute Gasteiger partial charge is 0.0974 e. The van der Waals surface area contributed by atoms with Gasteiger partial charge in [-0.15, -0.1) is 0 Å². The van der Waals surface area contributed by atoms with Crippen LogP contribution in [0.4, 0.5) is 0 Å². The molecule has 0 aliphatic rings. The number of hydrogen-bond acceptors (Lipinski definition) is 2. The highest BCUT2D eigenvalue weighted by atomic mass is 16.5. The van der Waals surface area contributed by atoms with E-state index in [2.05, 4.69) is 18.2 Å². The zero-order valence-corrected chi connectivity index (χ0v) is 9.71. The molecule has 0 N–H and O–H groups in total. The van der Waals surface area contributed by atoms with E-state index in [0.29, 0.717) is 6.61 Å². The average molecular weight is 228 g/mol. The van der Waals surface area contributed by atoms with Gasteiger partial charge in [0.1, 0.15) is 0 Å². The maximum absolute atomic E-state index is 5.56. The molecule has 2 rings (SSSR count). The molecule has 1 heterocycles. The monoisotopic (exact) mass is 228 g/mol. The van der Waals surface area contributed by atoms with Gasteiger partial charge in [-0.1, -0.05) is 42.5 Å². The van der Waals surface area contributed by atoms with E-state index in [9.17, 15) is 0 Å². The molecule has 17 heavy (non-hydrogen) atoms. The molecule has 2 nitrogen and oxygen atoms in total. The molecule has 0 aliphatic carbocycles. The normalized spacial score (nSPS) is 11.1. The first-order chi connectivity index (χ1) is 8.45. The van der Waals surface area contributed by atoms with Gasteiger partial charge in [-0.25, -0.2) is 0 Å². The van der Waals surface area contributed by atoms with Crippen LogP contribution in [0.3, 0.4) is 0 Å². The van der Waals surface area contributed by atoms with Gasteiger partial charge < -0.3 is 9.15 Å². The lowest BCUT2D eigenvalue weighted by molar-refractivity contribution is 0.125. The Bertz CT molecular complexity index is 429. The van der Waals surface area contributed by atoms with E-state index >= 15 is 0 Å². The summed E-state index contributed by atoms with van der Waals surface area (Å²) >= 11 is 0. The van der Waals surface area contributed by atoms with Crippen molar-refractivity contribution in [1.29, 1.82) is 0 Å². The minimum atomic E-state index is 0.681. The first-order valence-electron chi connectivity index (χ1n) is 5.75. The minimum Gasteiger partial charge on any atom is -0.472 e. The molecular formula is C15H16O2. The van der Waals surface area contributed by atoms with E-state index in [0.717, 1.165) is 18.6 Å². The molecule has 88 valence electrons. The highest BCUT2D eigenvalue weighted by molar-refractivity contribution is 5.46. The number of hydrogen-bond donors (Lipinski definition) is 0. The van der Waals surface area contributed by atoms with Crippen LogP contribution in [0.1, 0.15) is 17.5 Å². The van der Waals surface area contributed by atoms with Crippen molar-refractivity contribution in [3.05, 3.63) is 66.1 Å². The van der Waals surface area contributed by atoms with E-state index < -0.39 is 0 Å². The van der Waals surface area contributed by atoms with Crippen molar-refractivity contribution in [3.63, 3.8) is 0 Å². The van der Waals surface area contributed by atoms with Gasteiger partial charge in [0, 0.05) is 5.56 Å². The van der Waals surface area contributed by atoms with Crippen LogP contribution in [-0.4, -0.2) is 6.61 Å². The summed E-state index contributed by atoms with van der Waals surface area (Å²) in [6.45, 7) is 1.42. The van der Waals surface area contributed by atoms with Crippen molar-refractivity contribution in [2.45, 2.75) is 13.0 Å². The molecule has 0 unspecified atom stereocenters. The van der Waals surface area contributed by atoms with Crippen LogP contribution >= 0.6 is 0 Å². The zero-order valence-electron chi connectivity index (χ0n) is 9.71. The first-order valence-corrected chi connectivity index (χ1v) is 5.75. The van der Waals surface area contributed by atoms with Crippen LogP contribution in [0.2, 0.25) is 0 Å². The molecule has 2 heteroatoms. The summed E-state index contributed by atoms with van der Waals surface area (Å²) in [6, 6.07) is 12.1. The fourth-order valence-electron chi connectivity index (χ4n) is 1.50. The van der Waals surface area contributed by atoms with Crippen LogP contribution in [0.5, 0.6) is 0 Å². The van der Waals surface area contributed by atoms with E-state index in [1.54, 1.807) is 12.5 Å². The highest BCUT2D eigenvalue weighted by Crippen LogP contribution is 2.04. The Kier molecular flexibility index (Phi) is 4.61. The van der Waals surface area contributed by atoms with Gasteiger partial charge in [-0.3, -0.25) is 0 Å². The second-order valence-electron chi connectivity index (χ2n) is 3.79. The molecule has 0 atom stereocenters. The summed E-state index contributed by atoms with van der Waals surface area (Å²) in [6.07, 6.45) is 8.44. The summed E-state index contributed by atoms with van der Waals surface area (Å²) in [7, 11) is 0. The summed E-state index contributed by atoms with van der Waals surface area (Å²) < 4.78 is 10.5. The van der Waals surface area contributed by atoms with Crippen LogP contribution in [0.25, 0.3) is 6.08 Å². The Balaban J connectivity index is 1.61. The van der Waals surface area contributed by atoms with Crippen LogP contribution in [0.15, 0.2) is 59.4 Å². The third-order valence-corrected chi connectivity index (χ3v) is 2.39. The molecule has 0 aliphatic heterocycles. The van der Waals surface area contributed by atoms with E-state index in [4.69, 9.17) is 9.15 Å². The molecular weight excluding hydrogens is 212 g/mol. The Hall–Kier alpha value is -1.80. The predicted molar refractivity (Wildman–Crippen MR) is 68.5 cm³/mol.